The summed E-state index contributed by atoms with van der Waals surface area (Å²) >= 11 is 6.68. The first kappa shape index (κ1) is 20.2. The number of benzene rings is 1. The van der Waals surface area contributed by atoms with E-state index in [-0.39, 0.29) is 6.04 Å². The fourth-order valence-corrected chi connectivity index (χ4v) is 4.34. The molecule has 0 unspecified atom stereocenters. The minimum absolute atomic E-state index is 0.259. The molecule has 0 aliphatic carbocycles. The number of halogens is 1. The molecule has 4 rings (SSSR count). The van der Waals surface area contributed by atoms with E-state index in [1.807, 2.05) is 17.7 Å². The summed E-state index contributed by atoms with van der Waals surface area (Å²) in [5.74, 6) is 1.03. The van der Waals surface area contributed by atoms with Gasteiger partial charge in [0, 0.05) is 18.7 Å². The molecule has 3 aromatic rings. The maximum Gasteiger partial charge on any atom is 0.132 e. The Morgan fingerprint density at radius 2 is 1.90 bits per heavy atom. The molecule has 6 heteroatoms. The quantitative estimate of drug-likeness (QED) is 0.581. The van der Waals surface area contributed by atoms with Crippen molar-refractivity contribution in [1.29, 1.82) is 0 Å². The van der Waals surface area contributed by atoms with Gasteiger partial charge in [0.05, 0.1) is 24.5 Å². The van der Waals surface area contributed by atoms with Gasteiger partial charge in [-0.3, -0.25) is 4.90 Å². The zero-order valence-electron chi connectivity index (χ0n) is 17.2. The van der Waals surface area contributed by atoms with Gasteiger partial charge in [-0.05, 0) is 57.5 Å². The van der Waals surface area contributed by atoms with E-state index in [1.165, 1.54) is 24.0 Å². The molecule has 0 radical (unpaired) electrons. The number of nitrogens with one attached hydrogen (secondary N) is 1. The first-order chi connectivity index (χ1) is 14.1. The average Bonchev–Trinajstić information content (AvgIpc) is 3.46. The van der Waals surface area contributed by atoms with Gasteiger partial charge >= 0.3 is 0 Å². The van der Waals surface area contributed by atoms with Gasteiger partial charge in [-0.2, -0.15) is 5.10 Å². The highest BCUT2D eigenvalue weighted by atomic mass is 35.5. The summed E-state index contributed by atoms with van der Waals surface area (Å²) in [6.07, 6.45) is 4.27. The Morgan fingerprint density at radius 3 is 2.59 bits per heavy atom. The van der Waals surface area contributed by atoms with Gasteiger partial charge in [0.2, 0.25) is 0 Å². The van der Waals surface area contributed by atoms with E-state index >= 15 is 0 Å². The van der Waals surface area contributed by atoms with E-state index in [9.17, 15) is 0 Å². The standard InChI is InChI=1S/C23H29ClN4O/c1-17-7-9-19(10-8-17)16-28-23(24)20(18(2)26-28)14-25-15-21(22-6-5-13-29-22)27-11-3-4-12-27/h5-10,13,21,25H,3-4,11-12,14-16H2,1-2H3/t21-/m0/s1. The number of furan rings is 1. The first-order valence-corrected chi connectivity index (χ1v) is 10.7. The van der Waals surface area contributed by atoms with Crippen molar-refractivity contribution in [2.75, 3.05) is 19.6 Å². The van der Waals surface area contributed by atoms with Crippen LogP contribution < -0.4 is 5.32 Å². The summed E-state index contributed by atoms with van der Waals surface area (Å²) in [4.78, 5) is 2.50. The summed E-state index contributed by atoms with van der Waals surface area (Å²) in [5, 5.41) is 8.98. The fourth-order valence-electron chi connectivity index (χ4n) is 4.04. The maximum atomic E-state index is 6.68. The topological polar surface area (TPSA) is 46.2 Å². The van der Waals surface area contributed by atoms with Crippen molar-refractivity contribution in [2.45, 2.75) is 45.8 Å². The second-order valence-electron chi connectivity index (χ2n) is 7.90. The van der Waals surface area contributed by atoms with E-state index in [2.05, 4.69) is 52.6 Å². The summed E-state index contributed by atoms with van der Waals surface area (Å²) in [6.45, 7) is 8.58. The van der Waals surface area contributed by atoms with Crippen LogP contribution in [0.15, 0.2) is 47.1 Å². The molecule has 1 N–H and O–H groups in total. The first-order valence-electron chi connectivity index (χ1n) is 10.4. The lowest BCUT2D eigenvalue weighted by atomic mass is 10.1. The molecule has 1 fully saturated rings. The van der Waals surface area contributed by atoms with Crippen LogP contribution in [-0.2, 0) is 13.1 Å². The molecule has 154 valence electrons. The highest BCUT2D eigenvalue weighted by Crippen LogP contribution is 2.26. The number of hydrogen-bond acceptors (Lipinski definition) is 4. The molecule has 1 saturated heterocycles. The molecule has 29 heavy (non-hydrogen) atoms. The number of aryl methyl sites for hydroxylation is 2. The van der Waals surface area contributed by atoms with Crippen LogP contribution in [-0.4, -0.2) is 34.3 Å². The Bertz CT molecular complexity index is 911. The predicted octanol–water partition coefficient (Wildman–Crippen LogP) is 4.72. The van der Waals surface area contributed by atoms with Crippen molar-refractivity contribution in [2.24, 2.45) is 0 Å². The number of hydrogen-bond donors (Lipinski definition) is 1. The Hall–Kier alpha value is -2.08. The molecular formula is C23H29ClN4O. The molecule has 3 heterocycles. The Balaban J connectivity index is 1.41. The highest BCUT2D eigenvalue weighted by Gasteiger charge is 2.25. The Labute approximate surface area is 177 Å². The maximum absolute atomic E-state index is 6.68. The molecule has 0 amide bonds. The van der Waals surface area contributed by atoms with E-state index in [0.717, 1.165) is 36.7 Å². The van der Waals surface area contributed by atoms with Crippen LogP contribution in [0, 0.1) is 13.8 Å². The largest absolute Gasteiger partial charge is 0.468 e. The fraction of sp³-hybridized carbons (Fsp3) is 0.435. The monoisotopic (exact) mass is 412 g/mol. The Morgan fingerprint density at radius 1 is 1.14 bits per heavy atom. The smallest absolute Gasteiger partial charge is 0.132 e. The second kappa shape index (κ2) is 9.16. The molecule has 1 aliphatic rings. The summed E-state index contributed by atoms with van der Waals surface area (Å²) < 4.78 is 7.60. The van der Waals surface area contributed by atoms with Crippen molar-refractivity contribution in [3.05, 3.63) is 76.0 Å². The number of likely N-dealkylation sites (tertiary alicyclic amines) is 1. The van der Waals surface area contributed by atoms with Crippen molar-refractivity contribution < 1.29 is 4.42 Å². The lowest BCUT2D eigenvalue weighted by molar-refractivity contribution is 0.209. The highest BCUT2D eigenvalue weighted by molar-refractivity contribution is 6.30. The van der Waals surface area contributed by atoms with E-state index in [4.69, 9.17) is 16.0 Å². The third-order valence-corrected chi connectivity index (χ3v) is 6.15. The van der Waals surface area contributed by atoms with Crippen LogP contribution in [0.4, 0.5) is 0 Å². The van der Waals surface area contributed by atoms with Crippen LogP contribution in [0.1, 0.15) is 47.0 Å². The van der Waals surface area contributed by atoms with Crippen molar-refractivity contribution >= 4 is 11.6 Å². The third-order valence-electron chi connectivity index (χ3n) is 5.73. The molecule has 1 aromatic carbocycles. The molecular weight excluding hydrogens is 384 g/mol. The van der Waals surface area contributed by atoms with Gasteiger partial charge in [-0.15, -0.1) is 0 Å². The van der Waals surface area contributed by atoms with Gasteiger partial charge in [0.25, 0.3) is 0 Å². The van der Waals surface area contributed by atoms with Gasteiger partial charge in [0.1, 0.15) is 10.9 Å². The number of aromatic nitrogens is 2. The van der Waals surface area contributed by atoms with Crippen LogP contribution in [0.5, 0.6) is 0 Å². The zero-order valence-corrected chi connectivity index (χ0v) is 18.0. The van der Waals surface area contributed by atoms with Gasteiger partial charge in [0.15, 0.2) is 0 Å². The minimum Gasteiger partial charge on any atom is -0.468 e. The van der Waals surface area contributed by atoms with Gasteiger partial charge in [-0.1, -0.05) is 41.4 Å². The zero-order chi connectivity index (χ0) is 20.2. The molecule has 1 aliphatic heterocycles. The van der Waals surface area contributed by atoms with Crippen LogP contribution in [0.2, 0.25) is 5.15 Å². The lowest BCUT2D eigenvalue weighted by Gasteiger charge is -2.26. The number of nitrogens with zero attached hydrogens (tertiary/aromatic N) is 3. The summed E-state index contributed by atoms with van der Waals surface area (Å²) in [6, 6.07) is 12.8. The van der Waals surface area contributed by atoms with Gasteiger partial charge in [-0.25, -0.2) is 4.68 Å². The van der Waals surface area contributed by atoms with Gasteiger partial charge < -0.3 is 9.73 Å². The summed E-state index contributed by atoms with van der Waals surface area (Å²) in [7, 11) is 0. The summed E-state index contributed by atoms with van der Waals surface area (Å²) in [5.41, 5.74) is 4.50. The van der Waals surface area contributed by atoms with Crippen molar-refractivity contribution in [1.82, 2.24) is 20.0 Å². The minimum atomic E-state index is 0.259. The molecule has 2 aromatic heterocycles. The number of rotatable bonds is 8. The van der Waals surface area contributed by atoms with Crippen LogP contribution >= 0.6 is 11.6 Å². The SMILES string of the molecule is Cc1ccc(Cn2nc(C)c(CNC[C@@H](c3ccco3)N3CCCC3)c2Cl)cc1. The molecule has 0 bridgehead atoms. The van der Waals surface area contributed by atoms with E-state index in [1.54, 1.807) is 6.26 Å². The van der Waals surface area contributed by atoms with Crippen molar-refractivity contribution in [3.63, 3.8) is 0 Å². The second-order valence-corrected chi connectivity index (χ2v) is 8.26. The van der Waals surface area contributed by atoms with E-state index in [0.29, 0.717) is 18.2 Å². The molecule has 5 nitrogen and oxygen atoms in total. The van der Waals surface area contributed by atoms with Crippen LogP contribution in [0.25, 0.3) is 0 Å². The van der Waals surface area contributed by atoms with Crippen molar-refractivity contribution in [3.8, 4) is 0 Å². The predicted molar refractivity (Wildman–Crippen MR) is 116 cm³/mol. The normalized spacial score (nSPS) is 15.8. The lowest BCUT2D eigenvalue weighted by Crippen LogP contribution is -2.33. The molecule has 0 saturated carbocycles. The Kier molecular flexibility index (Phi) is 6.38. The molecule has 1 atom stereocenters. The third kappa shape index (κ3) is 4.74. The average molecular weight is 413 g/mol. The van der Waals surface area contributed by atoms with E-state index < -0.39 is 0 Å². The van der Waals surface area contributed by atoms with Crippen LogP contribution in [0.3, 0.4) is 0 Å². The molecule has 0 spiro atoms.